The van der Waals surface area contributed by atoms with Gasteiger partial charge in [-0.1, -0.05) is 12.1 Å². The zero-order valence-electron chi connectivity index (χ0n) is 20.4. The van der Waals surface area contributed by atoms with Crippen LogP contribution in [0.25, 0.3) is 0 Å². The highest BCUT2D eigenvalue weighted by Crippen LogP contribution is 2.12. The van der Waals surface area contributed by atoms with Gasteiger partial charge in [-0.3, -0.25) is 24.2 Å². The molecule has 4 atom stereocenters. The number of benzene rings is 1. The van der Waals surface area contributed by atoms with Crippen molar-refractivity contribution in [2.45, 2.75) is 49.9 Å². The number of guanidine groups is 1. The number of aliphatic carboxylic acids is 2. The molecule has 3 amide bonds. The molecule has 15 nitrogen and oxygen atoms in total. The number of carbonyl (C=O) groups excluding carboxylic acids is 3. The minimum absolute atomic E-state index is 0.0355. The first-order chi connectivity index (χ1) is 17.8. The Morgan fingerprint density at radius 2 is 1.45 bits per heavy atom. The highest BCUT2D eigenvalue weighted by atomic mass is 32.1. The van der Waals surface area contributed by atoms with Crippen LogP contribution < -0.4 is 33.2 Å². The zero-order chi connectivity index (χ0) is 28.8. The summed E-state index contributed by atoms with van der Waals surface area (Å²) in [7, 11) is 0. The Morgan fingerprint density at radius 3 is 1.97 bits per heavy atom. The van der Waals surface area contributed by atoms with Gasteiger partial charge in [0.1, 0.15) is 23.9 Å². The molecule has 1 aromatic carbocycles. The van der Waals surface area contributed by atoms with Crippen molar-refractivity contribution in [3.8, 4) is 5.75 Å². The van der Waals surface area contributed by atoms with E-state index >= 15 is 0 Å². The van der Waals surface area contributed by atoms with E-state index in [1.54, 1.807) is 0 Å². The first kappa shape index (κ1) is 32.0. The third-order valence-corrected chi connectivity index (χ3v) is 5.49. The summed E-state index contributed by atoms with van der Waals surface area (Å²) in [5, 5.41) is 34.9. The molecule has 0 bridgehead atoms. The topological polar surface area (TPSA) is 273 Å². The van der Waals surface area contributed by atoms with E-state index in [1.165, 1.54) is 24.3 Å². The Bertz CT molecular complexity index is 1020. The second kappa shape index (κ2) is 15.9. The van der Waals surface area contributed by atoms with E-state index in [9.17, 15) is 39.3 Å². The fourth-order valence-electron chi connectivity index (χ4n) is 3.12. The number of aliphatic imine (C=N–C) groups is 1. The summed E-state index contributed by atoms with van der Waals surface area (Å²) in [6.45, 7) is 0.246. The van der Waals surface area contributed by atoms with Gasteiger partial charge in [0.2, 0.25) is 17.7 Å². The van der Waals surface area contributed by atoms with Crippen molar-refractivity contribution in [1.82, 2.24) is 16.0 Å². The van der Waals surface area contributed by atoms with Crippen molar-refractivity contribution in [2.24, 2.45) is 22.2 Å². The lowest BCUT2D eigenvalue weighted by Crippen LogP contribution is -2.58. The molecule has 0 fully saturated rings. The minimum Gasteiger partial charge on any atom is -0.508 e. The zero-order valence-corrected chi connectivity index (χ0v) is 21.3. The van der Waals surface area contributed by atoms with Gasteiger partial charge in [-0.05, 0) is 30.5 Å². The maximum absolute atomic E-state index is 12.8. The van der Waals surface area contributed by atoms with Crippen LogP contribution >= 0.6 is 12.6 Å². The summed E-state index contributed by atoms with van der Waals surface area (Å²) in [4.78, 5) is 64.6. The average molecular weight is 556 g/mol. The molecule has 1 rings (SSSR count). The number of nitrogens with zero attached hydrogens (tertiary/aromatic N) is 1. The number of rotatable bonds is 16. The number of phenols is 1. The van der Waals surface area contributed by atoms with Crippen LogP contribution in [0, 0.1) is 0 Å². The van der Waals surface area contributed by atoms with Gasteiger partial charge in [0.05, 0.1) is 12.5 Å². The van der Waals surface area contributed by atoms with Gasteiger partial charge in [-0.25, -0.2) is 4.79 Å². The minimum atomic E-state index is -1.66. The van der Waals surface area contributed by atoms with E-state index in [4.69, 9.17) is 17.2 Å². The molecule has 210 valence electrons. The first-order valence-electron chi connectivity index (χ1n) is 11.4. The van der Waals surface area contributed by atoms with E-state index < -0.39 is 60.2 Å². The van der Waals surface area contributed by atoms with Crippen molar-refractivity contribution < 1.29 is 39.3 Å². The van der Waals surface area contributed by atoms with Crippen molar-refractivity contribution in [3.05, 3.63) is 29.8 Å². The van der Waals surface area contributed by atoms with Crippen molar-refractivity contribution in [1.29, 1.82) is 0 Å². The molecule has 4 unspecified atom stereocenters. The molecule has 0 aromatic heterocycles. The third kappa shape index (κ3) is 11.8. The predicted molar refractivity (Wildman–Crippen MR) is 139 cm³/mol. The molecule has 0 saturated carbocycles. The maximum atomic E-state index is 12.8. The molecule has 0 aliphatic rings. The molecule has 0 aliphatic carbocycles. The Balaban J connectivity index is 2.84. The van der Waals surface area contributed by atoms with Crippen LogP contribution in [0.2, 0.25) is 0 Å². The predicted octanol–water partition coefficient (Wildman–Crippen LogP) is -2.74. The second-order valence-corrected chi connectivity index (χ2v) is 8.59. The highest BCUT2D eigenvalue weighted by Gasteiger charge is 2.31. The van der Waals surface area contributed by atoms with Crippen LogP contribution in [-0.4, -0.2) is 87.4 Å². The standard InChI is InChI=1S/C22H33N7O8S/c23-13(2-1-7-26-22(24)25)18(33)29-16(10-38)20(35)27-14(9-17(31)32)19(34)28-15(21(36)37)8-11-3-5-12(30)6-4-11/h3-6,13-16,30,38H,1-2,7-10,23H2,(H,27,35)(H,28,34)(H,29,33)(H,31,32)(H,36,37)(H4,24,25,26). The molecule has 0 heterocycles. The summed E-state index contributed by atoms with van der Waals surface area (Å²) in [5.74, 6) is -5.87. The van der Waals surface area contributed by atoms with Crippen LogP contribution in [-0.2, 0) is 30.4 Å². The number of nitrogens with two attached hydrogens (primary N) is 3. The number of nitrogens with one attached hydrogen (secondary N) is 3. The highest BCUT2D eigenvalue weighted by molar-refractivity contribution is 7.80. The number of hydrogen-bond acceptors (Lipinski definition) is 9. The molecule has 38 heavy (non-hydrogen) atoms. The van der Waals surface area contributed by atoms with Gasteiger partial charge < -0.3 is 48.5 Å². The number of carboxylic acid groups (broad SMARTS) is 2. The van der Waals surface area contributed by atoms with E-state index in [2.05, 4.69) is 33.6 Å². The van der Waals surface area contributed by atoms with Crippen molar-refractivity contribution >= 4 is 48.2 Å². The largest absolute Gasteiger partial charge is 0.508 e. The Hall–Kier alpha value is -4.05. The van der Waals surface area contributed by atoms with Gasteiger partial charge in [0, 0.05) is 18.7 Å². The SMILES string of the molecule is NC(N)=NCCCC(N)C(=O)NC(CS)C(=O)NC(CC(=O)O)C(=O)NC(Cc1ccc(O)cc1)C(=O)O. The molecule has 12 N–H and O–H groups in total. The van der Waals surface area contributed by atoms with Crippen LogP contribution in [0.1, 0.15) is 24.8 Å². The first-order valence-corrected chi connectivity index (χ1v) is 12.0. The Kier molecular flexibility index (Phi) is 13.4. The molecule has 0 radical (unpaired) electrons. The smallest absolute Gasteiger partial charge is 0.326 e. The van der Waals surface area contributed by atoms with Gasteiger partial charge >= 0.3 is 11.9 Å². The van der Waals surface area contributed by atoms with E-state index in [0.29, 0.717) is 12.0 Å². The van der Waals surface area contributed by atoms with Gasteiger partial charge in [-0.15, -0.1) is 0 Å². The number of phenolic OH excluding ortho intramolecular Hbond substituents is 1. The van der Waals surface area contributed by atoms with Crippen LogP contribution in [0.4, 0.5) is 0 Å². The fraction of sp³-hybridized carbons (Fsp3) is 0.455. The lowest BCUT2D eigenvalue weighted by atomic mass is 10.0. The summed E-state index contributed by atoms with van der Waals surface area (Å²) in [6.07, 6.45) is -0.447. The summed E-state index contributed by atoms with van der Waals surface area (Å²) >= 11 is 4.02. The Morgan fingerprint density at radius 1 is 0.895 bits per heavy atom. The molecular formula is C22H33N7O8S. The van der Waals surface area contributed by atoms with Gasteiger partial charge in [0.15, 0.2) is 5.96 Å². The monoisotopic (exact) mass is 555 g/mol. The van der Waals surface area contributed by atoms with Gasteiger partial charge in [-0.2, -0.15) is 12.6 Å². The summed E-state index contributed by atoms with van der Waals surface area (Å²) in [5.41, 5.74) is 16.7. The normalized spacial score (nSPS) is 13.7. The van der Waals surface area contributed by atoms with Crippen LogP contribution in [0.3, 0.4) is 0 Å². The van der Waals surface area contributed by atoms with Crippen molar-refractivity contribution in [3.63, 3.8) is 0 Å². The lowest BCUT2D eigenvalue weighted by Gasteiger charge is -2.24. The van der Waals surface area contributed by atoms with Gasteiger partial charge in [0.25, 0.3) is 0 Å². The number of aromatic hydroxyl groups is 1. The maximum Gasteiger partial charge on any atom is 0.326 e. The lowest BCUT2D eigenvalue weighted by molar-refractivity contribution is -0.143. The Labute approximate surface area is 223 Å². The summed E-state index contributed by atoms with van der Waals surface area (Å²) in [6, 6.07) is 0.196. The third-order valence-electron chi connectivity index (χ3n) is 5.12. The van der Waals surface area contributed by atoms with Crippen LogP contribution in [0.15, 0.2) is 29.3 Å². The fourth-order valence-corrected chi connectivity index (χ4v) is 3.38. The summed E-state index contributed by atoms with van der Waals surface area (Å²) < 4.78 is 0. The van der Waals surface area contributed by atoms with E-state index in [1.807, 2.05) is 0 Å². The number of carbonyl (C=O) groups is 5. The second-order valence-electron chi connectivity index (χ2n) is 8.23. The average Bonchev–Trinajstić information content (AvgIpc) is 2.84. The number of thiol groups is 1. The molecule has 1 aromatic rings. The molecule has 0 aliphatic heterocycles. The molecule has 0 spiro atoms. The number of amides is 3. The number of hydrogen-bond donors (Lipinski definition) is 10. The van der Waals surface area contributed by atoms with Crippen molar-refractivity contribution in [2.75, 3.05) is 12.3 Å². The molecule has 0 saturated heterocycles. The number of carboxylic acids is 2. The van der Waals surface area contributed by atoms with E-state index in [0.717, 1.165) is 0 Å². The molecule has 16 heteroatoms. The van der Waals surface area contributed by atoms with E-state index in [-0.39, 0.29) is 36.8 Å². The quantitative estimate of drug-likeness (QED) is 0.0432. The van der Waals surface area contributed by atoms with Crippen LogP contribution in [0.5, 0.6) is 5.75 Å². The molecular weight excluding hydrogens is 522 g/mol.